The van der Waals surface area contributed by atoms with Crippen molar-refractivity contribution in [1.29, 1.82) is 0 Å². The number of piperidine rings is 1. The van der Waals surface area contributed by atoms with Crippen LogP contribution >= 0.6 is 11.6 Å². The first-order valence-electron chi connectivity index (χ1n) is 7.11. The Bertz CT molecular complexity index is 619. The summed E-state index contributed by atoms with van der Waals surface area (Å²) >= 11 is 5.87. The number of aryl methyl sites for hydroxylation is 1. The van der Waals surface area contributed by atoms with E-state index in [-0.39, 0.29) is 13.1 Å². The molecule has 1 heterocycles. The third-order valence-corrected chi connectivity index (χ3v) is 4.01. The molecule has 2 amide bonds. The highest BCUT2D eigenvalue weighted by atomic mass is 35.5. The lowest BCUT2D eigenvalue weighted by Gasteiger charge is -2.32. The summed E-state index contributed by atoms with van der Waals surface area (Å²) in [6, 6.07) is 4.99. The van der Waals surface area contributed by atoms with Crippen molar-refractivity contribution in [2.24, 2.45) is 5.92 Å². The average Bonchev–Trinajstić information content (AvgIpc) is 2.49. The Hall–Kier alpha value is -1.76. The second-order valence-electron chi connectivity index (χ2n) is 5.54. The van der Waals surface area contributed by atoms with E-state index in [0.717, 1.165) is 5.56 Å². The summed E-state index contributed by atoms with van der Waals surface area (Å²) in [5.74, 6) is -2.97. The van der Waals surface area contributed by atoms with Crippen LogP contribution in [0.25, 0.3) is 0 Å². The summed E-state index contributed by atoms with van der Waals surface area (Å²) < 4.78 is 37.5. The molecular formula is C15H16ClF3N2O2. The van der Waals surface area contributed by atoms with E-state index in [1.54, 1.807) is 25.1 Å². The highest BCUT2D eigenvalue weighted by Gasteiger charge is 2.44. The van der Waals surface area contributed by atoms with Gasteiger partial charge in [-0.25, -0.2) is 0 Å². The van der Waals surface area contributed by atoms with Crippen molar-refractivity contribution in [3.8, 4) is 0 Å². The van der Waals surface area contributed by atoms with Crippen LogP contribution in [-0.2, 0) is 9.59 Å². The van der Waals surface area contributed by atoms with Gasteiger partial charge in [-0.1, -0.05) is 17.7 Å². The van der Waals surface area contributed by atoms with Crippen molar-refractivity contribution >= 4 is 29.1 Å². The molecule has 0 spiro atoms. The molecular weight excluding hydrogens is 333 g/mol. The predicted octanol–water partition coefficient (Wildman–Crippen LogP) is 3.39. The molecule has 4 nitrogen and oxygen atoms in total. The van der Waals surface area contributed by atoms with E-state index >= 15 is 0 Å². The maximum Gasteiger partial charge on any atom is 0.471 e. The first kappa shape index (κ1) is 17.6. The number of anilines is 1. The molecule has 8 heteroatoms. The Balaban J connectivity index is 2.05. The number of hydrogen-bond donors (Lipinski definition) is 1. The van der Waals surface area contributed by atoms with Gasteiger partial charge < -0.3 is 10.2 Å². The zero-order chi connectivity index (χ0) is 17.2. The van der Waals surface area contributed by atoms with E-state index < -0.39 is 23.9 Å². The standard InChI is InChI=1S/C15H16ClF3N2O2/c1-9-4-5-11(16)7-12(9)20-13(22)10-3-2-6-21(8-10)14(23)15(17,18)19/h4-5,7,10H,2-3,6,8H2,1H3,(H,20,22). The van der Waals surface area contributed by atoms with Crippen molar-refractivity contribution in [3.63, 3.8) is 0 Å². The minimum Gasteiger partial charge on any atom is -0.334 e. The highest BCUT2D eigenvalue weighted by molar-refractivity contribution is 6.31. The van der Waals surface area contributed by atoms with E-state index in [9.17, 15) is 22.8 Å². The molecule has 1 unspecified atom stereocenters. The average molecular weight is 349 g/mol. The number of halogens is 4. The van der Waals surface area contributed by atoms with Gasteiger partial charge in [-0.3, -0.25) is 9.59 Å². The summed E-state index contributed by atoms with van der Waals surface area (Å²) in [4.78, 5) is 24.3. The minimum atomic E-state index is -4.91. The fourth-order valence-corrected chi connectivity index (χ4v) is 2.69. The number of likely N-dealkylation sites (tertiary alicyclic amines) is 1. The predicted molar refractivity (Wildman–Crippen MR) is 80.2 cm³/mol. The van der Waals surface area contributed by atoms with E-state index in [1.807, 2.05) is 0 Å². The number of alkyl halides is 3. The number of rotatable bonds is 2. The Morgan fingerprint density at radius 1 is 1.35 bits per heavy atom. The first-order valence-corrected chi connectivity index (χ1v) is 7.49. The molecule has 1 fully saturated rings. The van der Waals surface area contributed by atoms with Crippen molar-refractivity contribution < 1.29 is 22.8 Å². The largest absolute Gasteiger partial charge is 0.471 e. The molecule has 0 radical (unpaired) electrons. The van der Waals surface area contributed by atoms with E-state index in [4.69, 9.17) is 11.6 Å². The van der Waals surface area contributed by atoms with Crippen molar-refractivity contribution in [2.75, 3.05) is 18.4 Å². The summed E-state index contributed by atoms with van der Waals surface area (Å²) in [5.41, 5.74) is 1.31. The van der Waals surface area contributed by atoms with Gasteiger partial charge in [0.05, 0.1) is 5.92 Å². The smallest absolute Gasteiger partial charge is 0.334 e. The van der Waals surface area contributed by atoms with Crippen LogP contribution in [0.15, 0.2) is 18.2 Å². The zero-order valence-corrected chi connectivity index (χ0v) is 13.2. The van der Waals surface area contributed by atoms with Crippen LogP contribution in [0.5, 0.6) is 0 Å². The number of nitrogens with one attached hydrogen (secondary N) is 1. The first-order chi connectivity index (χ1) is 10.7. The van der Waals surface area contributed by atoms with Gasteiger partial charge in [-0.15, -0.1) is 0 Å². The van der Waals surface area contributed by atoms with E-state index in [0.29, 0.717) is 28.5 Å². The lowest BCUT2D eigenvalue weighted by Crippen LogP contribution is -2.48. The van der Waals surface area contributed by atoms with Gasteiger partial charge in [-0.05, 0) is 37.5 Å². The molecule has 23 heavy (non-hydrogen) atoms. The van der Waals surface area contributed by atoms with Crippen LogP contribution in [0.1, 0.15) is 18.4 Å². The highest BCUT2D eigenvalue weighted by Crippen LogP contribution is 2.26. The normalized spacial score (nSPS) is 18.7. The quantitative estimate of drug-likeness (QED) is 0.890. The molecule has 1 atom stereocenters. The van der Waals surface area contributed by atoms with Gasteiger partial charge in [0.2, 0.25) is 5.91 Å². The van der Waals surface area contributed by atoms with Crippen molar-refractivity contribution in [2.45, 2.75) is 25.9 Å². The Kier molecular flexibility index (Phi) is 5.19. The number of nitrogens with zero attached hydrogens (tertiary/aromatic N) is 1. The number of hydrogen-bond acceptors (Lipinski definition) is 2. The molecule has 1 saturated heterocycles. The topological polar surface area (TPSA) is 49.4 Å². The van der Waals surface area contributed by atoms with Crippen LogP contribution in [0, 0.1) is 12.8 Å². The Morgan fingerprint density at radius 3 is 2.70 bits per heavy atom. The molecule has 0 aromatic heterocycles. The van der Waals surface area contributed by atoms with Crippen LogP contribution in [-0.4, -0.2) is 36.0 Å². The lowest BCUT2D eigenvalue weighted by molar-refractivity contribution is -0.187. The Labute approximate surface area is 136 Å². The second-order valence-corrected chi connectivity index (χ2v) is 5.97. The number of carbonyl (C=O) groups is 2. The zero-order valence-electron chi connectivity index (χ0n) is 12.4. The molecule has 1 aromatic carbocycles. The van der Waals surface area contributed by atoms with Crippen molar-refractivity contribution in [3.05, 3.63) is 28.8 Å². The number of benzene rings is 1. The van der Waals surface area contributed by atoms with E-state index in [1.165, 1.54) is 0 Å². The summed E-state index contributed by atoms with van der Waals surface area (Å²) in [6.45, 7) is 1.56. The van der Waals surface area contributed by atoms with Crippen LogP contribution in [0.4, 0.5) is 18.9 Å². The van der Waals surface area contributed by atoms with Gasteiger partial charge in [0, 0.05) is 23.8 Å². The monoisotopic (exact) mass is 348 g/mol. The summed E-state index contributed by atoms with van der Waals surface area (Å²) in [7, 11) is 0. The molecule has 126 valence electrons. The van der Waals surface area contributed by atoms with Crippen molar-refractivity contribution in [1.82, 2.24) is 4.90 Å². The van der Waals surface area contributed by atoms with Gasteiger partial charge in [-0.2, -0.15) is 13.2 Å². The fourth-order valence-electron chi connectivity index (χ4n) is 2.52. The molecule has 0 bridgehead atoms. The molecule has 1 aromatic rings. The van der Waals surface area contributed by atoms with Crippen LogP contribution < -0.4 is 5.32 Å². The number of amides is 2. The maximum atomic E-state index is 12.5. The lowest BCUT2D eigenvalue weighted by atomic mass is 9.96. The summed E-state index contributed by atoms with van der Waals surface area (Å²) in [6.07, 6.45) is -4.12. The molecule has 2 rings (SSSR count). The SMILES string of the molecule is Cc1ccc(Cl)cc1NC(=O)C1CCCN(C(=O)C(F)(F)F)C1. The third kappa shape index (κ3) is 4.37. The van der Waals surface area contributed by atoms with Crippen LogP contribution in [0.3, 0.4) is 0 Å². The van der Waals surface area contributed by atoms with E-state index in [2.05, 4.69) is 5.32 Å². The Morgan fingerprint density at radius 2 is 2.04 bits per heavy atom. The minimum absolute atomic E-state index is 0.0122. The molecule has 1 aliphatic rings. The van der Waals surface area contributed by atoms with Gasteiger partial charge in [0.25, 0.3) is 0 Å². The van der Waals surface area contributed by atoms with Gasteiger partial charge >= 0.3 is 12.1 Å². The molecule has 0 saturated carbocycles. The van der Waals surface area contributed by atoms with Crippen LogP contribution in [0.2, 0.25) is 5.02 Å². The molecule has 1 N–H and O–H groups in total. The van der Waals surface area contributed by atoms with Gasteiger partial charge in [0.1, 0.15) is 0 Å². The maximum absolute atomic E-state index is 12.5. The number of carbonyl (C=O) groups excluding carboxylic acids is 2. The molecule has 0 aliphatic carbocycles. The second kappa shape index (κ2) is 6.78. The van der Waals surface area contributed by atoms with Gasteiger partial charge in [0.15, 0.2) is 0 Å². The summed E-state index contributed by atoms with van der Waals surface area (Å²) in [5, 5.41) is 3.12. The fraction of sp³-hybridized carbons (Fsp3) is 0.467. The third-order valence-electron chi connectivity index (χ3n) is 3.78. The molecule has 1 aliphatic heterocycles.